The largest absolute Gasteiger partial charge is 0.355 e. The van der Waals surface area contributed by atoms with Crippen molar-refractivity contribution in [2.75, 3.05) is 11.9 Å². The fraction of sp³-hybridized carbons (Fsp3) is 0.350. The Hall–Kier alpha value is -2.69. The highest BCUT2D eigenvalue weighted by Gasteiger charge is 2.61. The molecule has 0 unspecified atom stereocenters. The number of aryl methyl sites for hydroxylation is 1. The Morgan fingerprint density at radius 1 is 1.16 bits per heavy atom. The third-order valence-electron chi connectivity index (χ3n) is 5.40. The molecular weight excluding hydrogens is 314 g/mol. The van der Waals surface area contributed by atoms with E-state index in [0.29, 0.717) is 6.54 Å². The molecule has 1 aromatic carbocycles. The standard InChI is InChI=1S/C20H21N3O2/c24-18(23-15-6-10-21-11-7-15)8-12-22-19(25)17-13-20(17)9-5-14-3-1-2-4-16(14)20/h1-4,6-7,10-11,17H,5,8-9,12-13H2,(H,22,25)(H,21,23,24)/t17-,20-/m0/s1. The number of fused-ring (bicyclic) bond motifs is 2. The second kappa shape index (κ2) is 6.31. The molecule has 0 saturated heterocycles. The summed E-state index contributed by atoms with van der Waals surface area (Å²) < 4.78 is 0. The van der Waals surface area contributed by atoms with E-state index in [1.807, 2.05) is 0 Å². The average Bonchev–Trinajstić information content (AvgIpc) is 3.25. The number of nitrogens with one attached hydrogen (secondary N) is 2. The van der Waals surface area contributed by atoms with Gasteiger partial charge in [0, 0.05) is 42.4 Å². The maximum absolute atomic E-state index is 12.5. The number of carbonyl (C=O) groups excluding carboxylic acids is 2. The third-order valence-corrected chi connectivity index (χ3v) is 5.40. The van der Waals surface area contributed by atoms with Crippen molar-refractivity contribution in [2.24, 2.45) is 5.92 Å². The minimum absolute atomic E-state index is 0.0550. The summed E-state index contributed by atoms with van der Waals surface area (Å²) in [5.41, 5.74) is 3.51. The van der Waals surface area contributed by atoms with Crippen LogP contribution in [-0.2, 0) is 21.4 Å². The maximum atomic E-state index is 12.5. The molecule has 2 aliphatic carbocycles. The summed E-state index contributed by atoms with van der Waals surface area (Å²) in [6, 6.07) is 11.9. The quantitative estimate of drug-likeness (QED) is 0.881. The molecule has 1 spiro atoms. The summed E-state index contributed by atoms with van der Waals surface area (Å²) in [5.74, 6) is 0.0241. The van der Waals surface area contributed by atoms with E-state index in [1.54, 1.807) is 24.5 Å². The summed E-state index contributed by atoms with van der Waals surface area (Å²) in [5, 5.41) is 5.72. The van der Waals surface area contributed by atoms with Crippen LogP contribution < -0.4 is 10.6 Å². The minimum atomic E-state index is -0.108. The molecule has 2 N–H and O–H groups in total. The number of benzene rings is 1. The van der Waals surface area contributed by atoms with Crippen molar-refractivity contribution >= 4 is 17.5 Å². The van der Waals surface area contributed by atoms with Gasteiger partial charge in [-0.3, -0.25) is 14.6 Å². The van der Waals surface area contributed by atoms with Crippen LogP contribution in [0.15, 0.2) is 48.8 Å². The van der Waals surface area contributed by atoms with Gasteiger partial charge in [0.25, 0.3) is 0 Å². The molecule has 2 atom stereocenters. The van der Waals surface area contributed by atoms with Crippen LogP contribution >= 0.6 is 0 Å². The lowest BCUT2D eigenvalue weighted by Gasteiger charge is -2.12. The lowest BCUT2D eigenvalue weighted by atomic mass is 9.95. The fourth-order valence-corrected chi connectivity index (χ4v) is 4.02. The van der Waals surface area contributed by atoms with Gasteiger partial charge in [0.15, 0.2) is 0 Å². The second-order valence-corrected chi connectivity index (χ2v) is 6.90. The van der Waals surface area contributed by atoms with Gasteiger partial charge in [-0.05, 0) is 42.5 Å². The molecule has 4 rings (SSSR count). The number of anilines is 1. The van der Waals surface area contributed by atoms with Crippen LogP contribution in [0, 0.1) is 5.92 Å². The van der Waals surface area contributed by atoms with Gasteiger partial charge in [0.05, 0.1) is 0 Å². The molecule has 1 fully saturated rings. The van der Waals surface area contributed by atoms with Crippen molar-refractivity contribution in [3.63, 3.8) is 0 Å². The summed E-state index contributed by atoms with van der Waals surface area (Å²) in [6.45, 7) is 0.365. The molecule has 2 aliphatic rings. The predicted molar refractivity (Wildman–Crippen MR) is 95.0 cm³/mol. The van der Waals surface area contributed by atoms with Gasteiger partial charge in [0.2, 0.25) is 11.8 Å². The zero-order valence-corrected chi connectivity index (χ0v) is 14.0. The van der Waals surface area contributed by atoms with Crippen LogP contribution in [0.2, 0.25) is 0 Å². The van der Waals surface area contributed by atoms with Gasteiger partial charge in [0.1, 0.15) is 0 Å². The van der Waals surface area contributed by atoms with Crippen molar-refractivity contribution in [1.29, 1.82) is 0 Å². The van der Waals surface area contributed by atoms with E-state index >= 15 is 0 Å². The highest BCUT2D eigenvalue weighted by molar-refractivity contribution is 5.91. The smallest absolute Gasteiger partial charge is 0.226 e. The van der Waals surface area contributed by atoms with Crippen LogP contribution in [0.3, 0.4) is 0 Å². The Balaban J connectivity index is 1.26. The van der Waals surface area contributed by atoms with E-state index in [2.05, 4.69) is 39.9 Å². The summed E-state index contributed by atoms with van der Waals surface area (Å²) in [6.07, 6.45) is 6.58. The number of amides is 2. The van der Waals surface area contributed by atoms with Crippen molar-refractivity contribution < 1.29 is 9.59 Å². The van der Waals surface area contributed by atoms with Crippen LogP contribution in [0.1, 0.15) is 30.4 Å². The zero-order valence-electron chi connectivity index (χ0n) is 14.0. The first-order chi connectivity index (χ1) is 12.2. The van der Waals surface area contributed by atoms with Crippen molar-refractivity contribution in [2.45, 2.75) is 31.1 Å². The van der Waals surface area contributed by atoms with E-state index in [9.17, 15) is 9.59 Å². The molecule has 5 heteroatoms. The van der Waals surface area contributed by atoms with Gasteiger partial charge in [-0.25, -0.2) is 0 Å². The van der Waals surface area contributed by atoms with Crippen LogP contribution in [0.25, 0.3) is 0 Å². The molecule has 1 aromatic heterocycles. The molecule has 0 bridgehead atoms. The normalized spacial score (nSPS) is 23.1. The number of hydrogen-bond donors (Lipinski definition) is 2. The Bertz CT molecular complexity index is 806. The molecule has 1 saturated carbocycles. The highest BCUT2D eigenvalue weighted by atomic mass is 16.2. The maximum Gasteiger partial charge on any atom is 0.226 e. The first-order valence-corrected chi connectivity index (χ1v) is 8.75. The highest BCUT2D eigenvalue weighted by Crippen LogP contribution is 2.61. The van der Waals surface area contributed by atoms with E-state index in [0.717, 1.165) is 24.9 Å². The molecule has 1 heterocycles. The third kappa shape index (κ3) is 3.02. The molecule has 128 valence electrons. The van der Waals surface area contributed by atoms with Gasteiger partial charge in [-0.2, -0.15) is 0 Å². The second-order valence-electron chi connectivity index (χ2n) is 6.90. The number of aromatic nitrogens is 1. The topological polar surface area (TPSA) is 71.1 Å². The van der Waals surface area contributed by atoms with Gasteiger partial charge in [-0.1, -0.05) is 24.3 Å². The first-order valence-electron chi connectivity index (χ1n) is 8.75. The molecule has 25 heavy (non-hydrogen) atoms. The SMILES string of the molecule is O=C(CCNC(=O)[C@@H]1C[C@]12CCc1ccccc12)Nc1ccncc1. The van der Waals surface area contributed by atoms with Gasteiger partial charge >= 0.3 is 0 Å². The number of hydrogen-bond acceptors (Lipinski definition) is 3. The zero-order chi connectivity index (χ0) is 17.3. The number of nitrogens with zero attached hydrogens (tertiary/aromatic N) is 1. The van der Waals surface area contributed by atoms with Crippen molar-refractivity contribution in [3.8, 4) is 0 Å². The Morgan fingerprint density at radius 2 is 1.96 bits per heavy atom. The molecule has 0 aliphatic heterocycles. The van der Waals surface area contributed by atoms with Crippen molar-refractivity contribution in [1.82, 2.24) is 10.3 Å². The molecule has 5 nitrogen and oxygen atoms in total. The van der Waals surface area contributed by atoms with E-state index in [1.165, 1.54) is 11.1 Å². The summed E-state index contributed by atoms with van der Waals surface area (Å²) >= 11 is 0. The first kappa shape index (κ1) is 15.8. The Kier molecular flexibility index (Phi) is 3.99. The van der Waals surface area contributed by atoms with Gasteiger partial charge in [-0.15, -0.1) is 0 Å². The molecular formula is C20H21N3O2. The van der Waals surface area contributed by atoms with Gasteiger partial charge < -0.3 is 10.6 Å². The monoisotopic (exact) mass is 335 g/mol. The number of carbonyl (C=O) groups is 2. The minimum Gasteiger partial charge on any atom is -0.355 e. The lowest BCUT2D eigenvalue weighted by molar-refractivity contribution is -0.122. The van der Waals surface area contributed by atoms with E-state index in [-0.39, 0.29) is 29.6 Å². The number of rotatable bonds is 5. The fourth-order valence-electron chi connectivity index (χ4n) is 4.02. The molecule has 2 amide bonds. The summed E-state index contributed by atoms with van der Waals surface area (Å²) in [4.78, 5) is 28.3. The molecule has 0 radical (unpaired) electrons. The Morgan fingerprint density at radius 3 is 2.80 bits per heavy atom. The Labute approximate surface area is 146 Å². The summed E-state index contributed by atoms with van der Waals surface area (Å²) in [7, 11) is 0. The predicted octanol–water partition coefficient (Wildman–Crippen LogP) is 2.43. The van der Waals surface area contributed by atoms with Crippen molar-refractivity contribution in [3.05, 3.63) is 59.9 Å². The number of pyridine rings is 1. The van der Waals surface area contributed by atoms with Crippen LogP contribution in [0.4, 0.5) is 5.69 Å². The van der Waals surface area contributed by atoms with Crippen LogP contribution in [-0.4, -0.2) is 23.3 Å². The average molecular weight is 335 g/mol. The lowest BCUT2D eigenvalue weighted by Crippen LogP contribution is -2.31. The molecule has 2 aromatic rings. The van der Waals surface area contributed by atoms with Crippen LogP contribution in [0.5, 0.6) is 0 Å². The van der Waals surface area contributed by atoms with E-state index < -0.39 is 0 Å². The van der Waals surface area contributed by atoms with E-state index in [4.69, 9.17) is 0 Å².